The number of ether oxygens (including phenoxy) is 1. The molecule has 1 amide bonds. The number of carboxylic acid groups (broad SMARTS) is 1. The largest absolute Gasteiger partial charge is 0.481 e. The van der Waals surface area contributed by atoms with Crippen LogP contribution in [0.2, 0.25) is 0 Å². The maximum absolute atomic E-state index is 11.9. The van der Waals surface area contributed by atoms with Crippen LogP contribution in [0.5, 0.6) is 0 Å². The summed E-state index contributed by atoms with van der Waals surface area (Å²) in [4.78, 5) is 24.1. The van der Waals surface area contributed by atoms with Gasteiger partial charge in [0.1, 0.15) is 6.61 Å². The smallest absolute Gasteiger partial charge is 0.410 e. The molecule has 2 N–H and O–H groups in total. The molecular formula is C14H17NO5. The van der Waals surface area contributed by atoms with Crippen LogP contribution in [0.1, 0.15) is 12.0 Å². The molecule has 20 heavy (non-hydrogen) atoms. The number of rotatable bonds is 3. The van der Waals surface area contributed by atoms with E-state index in [1.54, 1.807) is 0 Å². The van der Waals surface area contributed by atoms with Crippen LogP contribution < -0.4 is 0 Å². The number of piperidine rings is 1. The van der Waals surface area contributed by atoms with Gasteiger partial charge in [-0.25, -0.2) is 4.79 Å². The lowest BCUT2D eigenvalue weighted by Crippen LogP contribution is -2.48. The molecule has 0 radical (unpaired) electrons. The van der Waals surface area contributed by atoms with Crippen molar-refractivity contribution in [2.75, 3.05) is 13.1 Å². The van der Waals surface area contributed by atoms with Gasteiger partial charge in [0, 0.05) is 13.1 Å². The fourth-order valence-corrected chi connectivity index (χ4v) is 2.21. The van der Waals surface area contributed by atoms with E-state index in [0.29, 0.717) is 0 Å². The lowest BCUT2D eigenvalue weighted by molar-refractivity contribution is -0.145. The van der Waals surface area contributed by atoms with E-state index in [1.807, 2.05) is 30.3 Å². The second-order valence-electron chi connectivity index (χ2n) is 4.87. The molecule has 0 aromatic heterocycles. The molecule has 0 saturated carbocycles. The molecule has 1 heterocycles. The number of nitrogens with zero attached hydrogens (tertiary/aromatic N) is 1. The predicted molar refractivity (Wildman–Crippen MR) is 69.9 cm³/mol. The second kappa shape index (κ2) is 6.38. The van der Waals surface area contributed by atoms with Crippen molar-refractivity contribution in [3.05, 3.63) is 35.9 Å². The van der Waals surface area contributed by atoms with E-state index >= 15 is 0 Å². The SMILES string of the molecule is O=C(O)C1CC(O)CN(C(=O)OCc2ccccc2)C1. The van der Waals surface area contributed by atoms with Crippen molar-refractivity contribution in [1.82, 2.24) is 4.90 Å². The van der Waals surface area contributed by atoms with E-state index in [2.05, 4.69) is 0 Å². The number of benzene rings is 1. The van der Waals surface area contributed by atoms with Crippen LogP contribution in [0.25, 0.3) is 0 Å². The summed E-state index contributed by atoms with van der Waals surface area (Å²) in [6.45, 7) is 0.307. The Hall–Kier alpha value is -2.08. The molecule has 0 aliphatic carbocycles. The molecule has 1 fully saturated rings. The number of carbonyl (C=O) groups excluding carboxylic acids is 1. The van der Waals surface area contributed by atoms with Crippen molar-refractivity contribution in [2.24, 2.45) is 5.92 Å². The van der Waals surface area contributed by atoms with Gasteiger partial charge in [0.15, 0.2) is 0 Å². The first-order valence-electron chi connectivity index (χ1n) is 6.42. The first kappa shape index (κ1) is 14.3. The van der Waals surface area contributed by atoms with E-state index in [9.17, 15) is 14.7 Å². The average Bonchev–Trinajstić information content (AvgIpc) is 2.45. The number of carboxylic acids is 1. The molecule has 108 valence electrons. The third-order valence-electron chi connectivity index (χ3n) is 3.24. The maximum atomic E-state index is 11.9. The van der Waals surface area contributed by atoms with Crippen molar-refractivity contribution >= 4 is 12.1 Å². The number of aliphatic carboxylic acids is 1. The summed E-state index contributed by atoms with van der Waals surface area (Å²) in [5.41, 5.74) is 0.855. The van der Waals surface area contributed by atoms with Crippen LogP contribution in [0, 0.1) is 5.92 Å². The first-order chi connectivity index (χ1) is 9.56. The molecule has 1 aromatic rings. The molecule has 0 bridgehead atoms. The van der Waals surface area contributed by atoms with E-state index in [0.717, 1.165) is 5.56 Å². The summed E-state index contributed by atoms with van der Waals surface area (Å²) >= 11 is 0. The molecule has 1 aliphatic rings. The summed E-state index contributed by atoms with van der Waals surface area (Å²) in [7, 11) is 0. The number of hydrogen-bond acceptors (Lipinski definition) is 4. The van der Waals surface area contributed by atoms with E-state index in [-0.39, 0.29) is 26.1 Å². The summed E-state index contributed by atoms with van der Waals surface area (Å²) in [6.07, 6.45) is -1.26. The zero-order valence-corrected chi connectivity index (χ0v) is 10.9. The highest BCUT2D eigenvalue weighted by atomic mass is 16.6. The van der Waals surface area contributed by atoms with Crippen LogP contribution in [0.15, 0.2) is 30.3 Å². The Kier molecular flexibility index (Phi) is 4.57. The number of β-amino-alcohol motifs (C(OH)–C–C–N with tert-alkyl or cyclic N) is 1. The van der Waals surface area contributed by atoms with Gasteiger partial charge >= 0.3 is 12.1 Å². The third kappa shape index (κ3) is 3.71. The summed E-state index contributed by atoms with van der Waals surface area (Å²) in [5, 5.41) is 18.6. The van der Waals surface area contributed by atoms with Crippen LogP contribution in [-0.2, 0) is 16.1 Å². The Morgan fingerprint density at radius 3 is 2.60 bits per heavy atom. The van der Waals surface area contributed by atoms with Gasteiger partial charge in [-0.05, 0) is 12.0 Å². The number of amides is 1. The highest BCUT2D eigenvalue weighted by Gasteiger charge is 2.33. The monoisotopic (exact) mass is 279 g/mol. The Labute approximate surface area is 116 Å². The Balaban J connectivity index is 1.90. The Morgan fingerprint density at radius 1 is 1.25 bits per heavy atom. The summed E-state index contributed by atoms with van der Waals surface area (Å²) in [5.74, 6) is -1.76. The number of aliphatic hydroxyl groups is 1. The molecule has 0 spiro atoms. The van der Waals surface area contributed by atoms with E-state index in [4.69, 9.17) is 9.84 Å². The fraction of sp³-hybridized carbons (Fsp3) is 0.429. The van der Waals surface area contributed by atoms with Gasteiger partial charge in [0.2, 0.25) is 0 Å². The first-order valence-corrected chi connectivity index (χ1v) is 6.42. The fourth-order valence-electron chi connectivity index (χ4n) is 2.21. The molecule has 2 unspecified atom stereocenters. The standard InChI is InChI=1S/C14H17NO5/c16-12-6-11(13(17)18)7-15(8-12)14(19)20-9-10-4-2-1-3-5-10/h1-5,11-12,16H,6-9H2,(H,17,18). The van der Waals surface area contributed by atoms with Gasteiger partial charge in [-0.2, -0.15) is 0 Å². The summed E-state index contributed by atoms with van der Waals surface area (Å²) in [6, 6.07) is 9.21. The molecular weight excluding hydrogens is 262 g/mol. The predicted octanol–water partition coefficient (Wildman–Crippen LogP) is 1.09. The van der Waals surface area contributed by atoms with Crippen LogP contribution >= 0.6 is 0 Å². The van der Waals surface area contributed by atoms with Gasteiger partial charge < -0.3 is 19.8 Å². The lowest BCUT2D eigenvalue weighted by Gasteiger charge is -2.33. The third-order valence-corrected chi connectivity index (χ3v) is 3.24. The second-order valence-corrected chi connectivity index (χ2v) is 4.87. The quantitative estimate of drug-likeness (QED) is 0.865. The molecule has 1 saturated heterocycles. The van der Waals surface area contributed by atoms with Crippen LogP contribution in [0.4, 0.5) is 4.79 Å². The van der Waals surface area contributed by atoms with Crippen molar-refractivity contribution in [2.45, 2.75) is 19.1 Å². The highest BCUT2D eigenvalue weighted by molar-refractivity contribution is 5.73. The van der Waals surface area contributed by atoms with Crippen molar-refractivity contribution in [1.29, 1.82) is 0 Å². The molecule has 6 heteroatoms. The van der Waals surface area contributed by atoms with Gasteiger partial charge in [-0.3, -0.25) is 4.79 Å². The molecule has 6 nitrogen and oxygen atoms in total. The topological polar surface area (TPSA) is 87.1 Å². The number of carbonyl (C=O) groups is 2. The Bertz CT molecular complexity index is 476. The lowest BCUT2D eigenvalue weighted by atomic mass is 9.96. The zero-order valence-electron chi connectivity index (χ0n) is 10.9. The van der Waals surface area contributed by atoms with Crippen molar-refractivity contribution in [3.63, 3.8) is 0 Å². The number of aliphatic hydroxyl groups excluding tert-OH is 1. The molecule has 2 rings (SSSR count). The zero-order chi connectivity index (χ0) is 14.5. The average molecular weight is 279 g/mol. The van der Waals surface area contributed by atoms with Crippen molar-refractivity contribution in [3.8, 4) is 0 Å². The molecule has 2 atom stereocenters. The molecule has 1 aliphatic heterocycles. The van der Waals surface area contributed by atoms with Gasteiger partial charge in [-0.15, -0.1) is 0 Å². The van der Waals surface area contributed by atoms with Gasteiger partial charge in [-0.1, -0.05) is 30.3 Å². The minimum Gasteiger partial charge on any atom is -0.481 e. The summed E-state index contributed by atoms with van der Waals surface area (Å²) < 4.78 is 5.13. The van der Waals surface area contributed by atoms with Gasteiger partial charge in [0.05, 0.1) is 12.0 Å². The Morgan fingerprint density at radius 2 is 1.95 bits per heavy atom. The van der Waals surface area contributed by atoms with Gasteiger partial charge in [0.25, 0.3) is 0 Å². The number of likely N-dealkylation sites (tertiary alicyclic amines) is 1. The minimum atomic E-state index is -1.01. The normalized spacial score (nSPS) is 22.4. The highest BCUT2D eigenvalue weighted by Crippen LogP contribution is 2.18. The number of hydrogen-bond donors (Lipinski definition) is 2. The van der Waals surface area contributed by atoms with Crippen LogP contribution in [-0.4, -0.2) is 46.4 Å². The van der Waals surface area contributed by atoms with E-state index < -0.39 is 24.1 Å². The molecule has 1 aromatic carbocycles. The minimum absolute atomic E-state index is 0.0695. The van der Waals surface area contributed by atoms with E-state index in [1.165, 1.54) is 4.90 Å². The van der Waals surface area contributed by atoms with Crippen molar-refractivity contribution < 1.29 is 24.5 Å². The van der Waals surface area contributed by atoms with Crippen LogP contribution in [0.3, 0.4) is 0 Å². The maximum Gasteiger partial charge on any atom is 0.410 e.